The van der Waals surface area contributed by atoms with Gasteiger partial charge in [0.15, 0.2) is 0 Å². The molecule has 6 nitrogen and oxygen atoms in total. The van der Waals surface area contributed by atoms with E-state index in [1.807, 2.05) is 0 Å². The van der Waals surface area contributed by atoms with E-state index in [-0.39, 0.29) is 24.0 Å². The van der Waals surface area contributed by atoms with Crippen LogP contribution in [-0.4, -0.2) is 31.4 Å². The van der Waals surface area contributed by atoms with Gasteiger partial charge in [-0.25, -0.2) is 4.79 Å². The van der Waals surface area contributed by atoms with Crippen molar-refractivity contribution >= 4 is 61.4 Å². The first kappa shape index (κ1) is 18.6. The third-order valence-electron chi connectivity index (χ3n) is 3.08. The van der Waals surface area contributed by atoms with Crippen LogP contribution in [0, 0.1) is 6.92 Å². The van der Waals surface area contributed by atoms with E-state index >= 15 is 0 Å². The van der Waals surface area contributed by atoms with Crippen LogP contribution in [0.15, 0.2) is 15.9 Å². The lowest BCUT2D eigenvalue weighted by molar-refractivity contribution is 0.0527. The second-order valence-electron chi connectivity index (χ2n) is 4.62. The van der Waals surface area contributed by atoms with Crippen LogP contribution in [-0.2, 0) is 4.74 Å². The van der Waals surface area contributed by atoms with Gasteiger partial charge in [0.2, 0.25) is 0 Å². The van der Waals surface area contributed by atoms with Crippen LogP contribution in [0.4, 0.5) is 5.00 Å². The lowest BCUT2D eigenvalue weighted by atomic mass is 10.1. The number of hydrogen-bond donors (Lipinski definition) is 2. The smallest absolute Gasteiger partial charge is 0.341 e. The fourth-order valence-corrected chi connectivity index (χ4v) is 4.40. The normalized spacial score (nSPS) is 10.3. The summed E-state index contributed by atoms with van der Waals surface area (Å²) in [6.07, 6.45) is 0. The first-order valence-corrected chi connectivity index (χ1v) is 9.40. The van der Waals surface area contributed by atoms with E-state index in [4.69, 9.17) is 4.74 Å². The highest BCUT2D eigenvalue weighted by molar-refractivity contribution is 9.11. The minimum atomic E-state index is -0.566. The maximum absolute atomic E-state index is 12.4. The average Bonchev–Trinajstić information content (AvgIpc) is 3.10. The Kier molecular flexibility index (Phi) is 6.14. The second-order valence-corrected chi connectivity index (χ2v) is 8.10. The average molecular weight is 431 g/mol. The molecule has 128 valence electrons. The summed E-state index contributed by atoms with van der Waals surface area (Å²) in [7, 11) is 1.51. The molecule has 0 aromatic carbocycles. The summed E-state index contributed by atoms with van der Waals surface area (Å²) in [6, 6.07) is 3.44. The molecule has 2 rings (SSSR count). The summed E-state index contributed by atoms with van der Waals surface area (Å²) >= 11 is 5.63. The summed E-state index contributed by atoms with van der Waals surface area (Å²) in [5.41, 5.74) is 0.699. The molecule has 0 aliphatic carbocycles. The molecule has 0 fully saturated rings. The molecule has 9 heteroatoms. The third-order valence-corrected chi connectivity index (χ3v) is 5.91. The molecule has 0 bridgehead atoms. The number of ether oxygens (including phenoxy) is 1. The molecule has 2 amide bonds. The van der Waals surface area contributed by atoms with Gasteiger partial charge < -0.3 is 15.4 Å². The van der Waals surface area contributed by atoms with Gasteiger partial charge in [-0.2, -0.15) is 0 Å². The number of amides is 2. The van der Waals surface area contributed by atoms with Crippen LogP contribution < -0.4 is 10.6 Å². The first-order valence-electron chi connectivity index (χ1n) is 6.98. The minimum Gasteiger partial charge on any atom is -0.462 e. The maximum atomic E-state index is 12.4. The van der Waals surface area contributed by atoms with Gasteiger partial charge in [-0.1, -0.05) is 0 Å². The predicted molar refractivity (Wildman–Crippen MR) is 98.4 cm³/mol. The van der Waals surface area contributed by atoms with Crippen molar-refractivity contribution in [3.05, 3.63) is 36.8 Å². The van der Waals surface area contributed by atoms with E-state index in [1.165, 1.54) is 18.4 Å². The predicted octanol–water partition coefficient (Wildman–Crippen LogP) is 3.67. The van der Waals surface area contributed by atoms with Crippen molar-refractivity contribution in [2.24, 2.45) is 0 Å². The van der Waals surface area contributed by atoms with E-state index in [1.54, 1.807) is 26.0 Å². The number of esters is 1. The van der Waals surface area contributed by atoms with Gasteiger partial charge >= 0.3 is 5.97 Å². The second kappa shape index (κ2) is 7.91. The molecule has 2 N–H and O–H groups in total. The molecule has 0 aliphatic rings. The highest BCUT2D eigenvalue weighted by Gasteiger charge is 2.26. The summed E-state index contributed by atoms with van der Waals surface area (Å²) in [4.78, 5) is 37.4. The Morgan fingerprint density at radius 1 is 1.21 bits per heavy atom. The van der Waals surface area contributed by atoms with E-state index < -0.39 is 5.97 Å². The van der Waals surface area contributed by atoms with Gasteiger partial charge in [0.25, 0.3) is 11.8 Å². The third kappa shape index (κ3) is 3.85. The van der Waals surface area contributed by atoms with Gasteiger partial charge in [-0.15, -0.1) is 22.7 Å². The molecule has 2 aromatic rings. The number of halogens is 1. The molecule has 0 saturated carbocycles. The van der Waals surface area contributed by atoms with Crippen LogP contribution in [0.3, 0.4) is 0 Å². The molecule has 0 spiro atoms. The van der Waals surface area contributed by atoms with Crippen LogP contribution in [0.25, 0.3) is 0 Å². The number of hydrogen-bond acceptors (Lipinski definition) is 6. The number of carbonyl (C=O) groups is 3. The molecule has 2 heterocycles. The Hall–Kier alpha value is -1.71. The Labute approximate surface area is 155 Å². The summed E-state index contributed by atoms with van der Waals surface area (Å²) in [5.74, 6) is -1.23. The summed E-state index contributed by atoms with van der Waals surface area (Å²) in [6.45, 7) is 3.56. The highest BCUT2D eigenvalue weighted by atomic mass is 79.9. The monoisotopic (exact) mass is 430 g/mol. The minimum absolute atomic E-state index is 0.203. The summed E-state index contributed by atoms with van der Waals surface area (Å²) < 4.78 is 5.87. The van der Waals surface area contributed by atoms with E-state index in [2.05, 4.69) is 26.6 Å². The van der Waals surface area contributed by atoms with Crippen molar-refractivity contribution in [1.82, 2.24) is 5.32 Å². The van der Waals surface area contributed by atoms with Gasteiger partial charge in [0.1, 0.15) is 5.00 Å². The van der Waals surface area contributed by atoms with E-state index in [9.17, 15) is 14.4 Å². The molecular weight excluding hydrogens is 416 g/mol. The fourth-order valence-electron chi connectivity index (χ4n) is 1.98. The Balaban J connectivity index is 2.41. The number of nitrogens with one attached hydrogen (secondary N) is 2. The highest BCUT2D eigenvalue weighted by Crippen LogP contribution is 2.34. The van der Waals surface area contributed by atoms with Crippen LogP contribution >= 0.6 is 38.6 Å². The zero-order valence-electron chi connectivity index (χ0n) is 13.2. The van der Waals surface area contributed by atoms with Crippen molar-refractivity contribution < 1.29 is 19.1 Å². The molecule has 24 heavy (non-hydrogen) atoms. The van der Waals surface area contributed by atoms with Crippen molar-refractivity contribution in [2.45, 2.75) is 13.8 Å². The standard InChI is InChI=1S/C15H15BrN2O4S2/c1-4-22-15(21)10-7(2)11(13(20)17-3)24-14(10)18-12(19)8-5-6-9(16)23-8/h5-6H,4H2,1-3H3,(H,17,20)(H,18,19). The molecular formula is C15H15BrN2O4S2. The van der Waals surface area contributed by atoms with E-state index in [0.29, 0.717) is 20.3 Å². The molecule has 0 radical (unpaired) electrons. The SMILES string of the molecule is CCOC(=O)c1c(NC(=O)c2ccc(Br)s2)sc(C(=O)NC)c1C. The van der Waals surface area contributed by atoms with Gasteiger partial charge in [0, 0.05) is 7.05 Å². The van der Waals surface area contributed by atoms with Crippen molar-refractivity contribution in [2.75, 3.05) is 19.0 Å². The van der Waals surface area contributed by atoms with Crippen LogP contribution in [0.2, 0.25) is 0 Å². The first-order chi connectivity index (χ1) is 11.4. The molecule has 0 atom stereocenters. The number of anilines is 1. The lowest BCUT2D eigenvalue weighted by Gasteiger charge is -2.06. The van der Waals surface area contributed by atoms with Gasteiger partial charge in [-0.05, 0) is 47.5 Å². The van der Waals surface area contributed by atoms with Gasteiger partial charge in [-0.3, -0.25) is 9.59 Å². The van der Waals surface area contributed by atoms with Crippen LogP contribution in [0.1, 0.15) is 42.2 Å². The lowest BCUT2D eigenvalue weighted by Crippen LogP contribution is -2.17. The van der Waals surface area contributed by atoms with Crippen molar-refractivity contribution in [3.63, 3.8) is 0 Å². The van der Waals surface area contributed by atoms with Crippen molar-refractivity contribution in [3.8, 4) is 0 Å². The Morgan fingerprint density at radius 3 is 2.46 bits per heavy atom. The van der Waals surface area contributed by atoms with Gasteiger partial charge in [0.05, 0.1) is 25.7 Å². The summed E-state index contributed by atoms with van der Waals surface area (Å²) in [5, 5.41) is 5.54. The maximum Gasteiger partial charge on any atom is 0.341 e. The Morgan fingerprint density at radius 2 is 1.92 bits per heavy atom. The van der Waals surface area contributed by atoms with Crippen molar-refractivity contribution in [1.29, 1.82) is 0 Å². The van der Waals surface area contributed by atoms with E-state index in [0.717, 1.165) is 15.1 Å². The zero-order chi connectivity index (χ0) is 17.9. The zero-order valence-corrected chi connectivity index (χ0v) is 16.4. The largest absolute Gasteiger partial charge is 0.462 e. The molecule has 0 unspecified atom stereocenters. The topological polar surface area (TPSA) is 84.5 Å². The molecule has 2 aromatic heterocycles. The molecule has 0 saturated heterocycles. The number of thiophene rings is 2. The fraction of sp³-hybridized carbons (Fsp3) is 0.267. The number of rotatable bonds is 5. The Bertz CT molecular complexity index is 797. The number of carbonyl (C=O) groups excluding carboxylic acids is 3. The quantitative estimate of drug-likeness (QED) is 0.708. The molecule has 0 aliphatic heterocycles. The van der Waals surface area contributed by atoms with Crippen LogP contribution in [0.5, 0.6) is 0 Å².